The van der Waals surface area contributed by atoms with Gasteiger partial charge in [0.15, 0.2) is 9.84 Å². The third-order valence-corrected chi connectivity index (χ3v) is 4.28. The van der Waals surface area contributed by atoms with Crippen molar-refractivity contribution in [1.29, 1.82) is 0 Å². The highest BCUT2D eigenvalue weighted by molar-refractivity contribution is 7.89. The molecule has 1 heterocycles. The van der Waals surface area contributed by atoms with Crippen LogP contribution in [0, 0.1) is 0 Å². The molecule has 116 valence electrons. The van der Waals surface area contributed by atoms with Crippen molar-refractivity contribution in [3.63, 3.8) is 0 Å². The van der Waals surface area contributed by atoms with Crippen LogP contribution in [0.25, 0.3) is 0 Å². The fourth-order valence-corrected chi connectivity index (χ4v) is 3.17. The summed E-state index contributed by atoms with van der Waals surface area (Å²) in [5, 5.41) is 2.86. The van der Waals surface area contributed by atoms with Gasteiger partial charge in [0.2, 0.25) is 0 Å². The second-order valence-corrected chi connectivity index (χ2v) is 7.59. The number of carbonyl (C=O) groups excluding carboxylic acids is 1. The summed E-state index contributed by atoms with van der Waals surface area (Å²) in [6, 6.07) is 6.66. The van der Waals surface area contributed by atoms with E-state index in [9.17, 15) is 13.2 Å². The van der Waals surface area contributed by atoms with Gasteiger partial charge in [0.1, 0.15) is 0 Å². The van der Waals surface area contributed by atoms with E-state index < -0.39 is 9.84 Å². The molecule has 1 aliphatic heterocycles. The summed E-state index contributed by atoms with van der Waals surface area (Å²) >= 11 is 0. The van der Waals surface area contributed by atoms with E-state index in [-0.39, 0.29) is 17.8 Å². The van der Waals surface area contributed by atoms with E-state index in [0.717, 1.165) is 25.9 Å². The molecular formula is C15H21NO4S. The lowest BCUT2D eigenvalue weighted by atomic mass is 10.1. The van der Waals surface area contributed by atoms with Gasteiger partial charge in [-0.05, 0) is 37.0 Å². The minimum absolute atomic E-state index is 0.00603. The maximum Gasteiger partial charge on any atom is 0.251 e. The molecule has 1 aromatic rings. The van der Waals surface area contributed by atoms with Crippen LogP contribution in [0.4, 0.5) is 0 Å². The highest BCUT2D eigenvalue weighted by Crippen LogP contribution is 2.14. The Balaban J connectivity index is 1.81. The molecule has 1 aromatic carbocycles. The summed E-state index contributed by atoms with van der Waals surface area (Å²) < 4.78 is 27.9. The zero-order chi connectivity index (χ0) is 15.3. The van der Waals surface area contributed by atoms with Gasteiger partial charge in [-0.2, -0.15) is 0 Å². The van der Waals surface area contributed by atoms with E-state index >= 15 is 0 Å². The normalized spacial score (nSPS) is 18.6. The molecule has 6 heteroatoms. The van der Waals surface area contributed by atoms with Crippen molar-refractivity contribution in [1.82, 2.24) is 5.32 Å². The molecule has 0 unspecified atom stereocenters. The molecule has 1 fully saturated rings. The van der Waals surface area contributed by atoms with Gasteiger partial charge in [-0.25, -0.2) is 8.42 Å². The Bertz CT molecular complexity index is 574. The smallest absolute Gasteiger partial charge is 0.251 e. The number of rotatable bonds is 6. The number of ether oxygens (including phenoxy) is 1. The third-order valence-electron chi connectivity index (χ3n) is 3.42. The zero-order valence-electron chi connectivity index (χ0n) is 12.2. The maximum absolute atomic E-state index is 11.9. The first kappa shape index (κ1) is 16.0. The molecule has 1 atom stereocenters. The van der Waals surface area contributed by atoms with Crippen molar-refractivity contribution < 1.29 is 17.9 Å². The maximum atomic E-state index is 11.9. The number of sulfone groups is 1. The summed E-state index contributed by atoms with van der Waals surface area (Å²) in [7, 11) is -3.05. The van der Waals surface area contributed by atoms with E-state index in [2.05, 4.69) is 5.32 Å². The van der Waals surface area contributed by atoms with Gasteiger partial charge < -0.3 is 10.1 Å². The Morgan fingerprint density at radius 1 is 1.33 bits per heavy atom. The number of benzene rings is 1. The van der Waals surface area contributed by atoms with E-state index in [1.807, 2.05) is 0 Å². The molecule has 0 aliphatic carbocycles. The van der Waals surface area contributed by atoms with E-state index in [4.69, 9.17) is 4.74 Å². The number of hydrogen-bond donors (Lipinski definition) is 1. The summed E-state index contributed by atoms with van der Waals surface area (Å²) in [4.78, 5) is 11.9. The second kappa shape index (κ2) is 7.04. The fraction of sp³-hybridized carbons (Fsp3) is 0.533. The zero-order valence-corrected chi connectivity index (χ0v) is 13.0. The highest BCUT2D eigenvalue weighted by atomic mass is 32.2. The topological polar surface area (TPSA) is 72.5 Å². The standard InChI is InChI=1S/C15H21NO4S/c1-21(18,19)11-12-4-6-13(7-5-12)15(17)16-9-8-14-3-2-10-20-14/h4-7,14H,2-3,8-11H2,1H3,(H,16,17)/t14-/m0/s1. The van der Waals surface area contributed by atoms with Crippen LogP contribution in [0.15, 0.2) is 24.3 Å². The minimum atomic E-state index is -3.05. The Hall–Kier alpha value is -1.40. The summed E-state index contributed by atoms with van der Waals surface area (Å²) in [6.45, 7) is 1.41. The first-order valence-corrected chi connectivity index (χ1v) is 9.16. The lowest BCUT2D eigenvalue weighted by Gasteiger charge is -2.10. The number of hydrogen-bond acceptors (Lipinski definition) is 4. The van der Waals surface area contributed by atoms with Crippen molar-refractivity contribution in [2.45, 2.75) is 31.1 Å². The van der Waals surface area contributed by atoms with Gasteiger partial charge in [-0.15, -0.1) is 0 Å². The molecule has 0 saturated carbocycles. The molecular weight excluding hydrogens is 290 g/mol. The lowest BCUT2D eigenvalue weighted by molar-refractivity contribution is 0.0907. The molecule has 1 saturated heterocycles. The first-order valence-electron chi connectivity index (χ1n) is 7.10. The minimum Gasteiger partial charge on any atom is -0.378 e. The molecule has 0 radical (unpaired) electrons. The van der Waals surface area contributed by atoms with E-state index in [1.165, 1.54) is 6.26 Å². The Morgan fingerprint density at radius 3 is 2.62 bits per heavy atom. The monoisotopic (exact) mass is 311 g/mol. The van der Waals surface area contributed by atoms with Crippen LogP contribution in [0.3, 0.4) is 0 Å². The van der Waals surface area contributed by atoms with Crippen molar-refractivity contribution in [2.75, 3.05) is 19.4 Å². The van der Waals surface area contributed by atoms with Crippen molar-refractivity contribution >= 4 is 15.7 Å². The van der Waals surface area contributed by atoms with Crippen molar-refractivity contribution in [2.24, 2.45) is 0 Å². The van der Waals surface area contributed by atoms with Gasteiger partial charge in [0.25, 0.3) is 5.91 Å². The van der Waals surface area contributed by atoms with Crippen LogP contribution >= 0.6 is 0 Å². The highest BCUT2D eigenvalue weighted by Gasteiger charge is 2.15. The quantitative estimate of drug-likeness (QED) is 0.865. The molecule has 5 nitrogen and oxygen atoms in total. The van der Waals surface area contributed by atoms with Crippen molar-refractivity contribution in [3.8, 4) is 0 Å². The Labute approximate surface area is 125 Å². The third kappa shape index (κ3) is 5.47. The first-order chi connectivity index (χ1) is 9.94. The summed E-state index contributed by atoms with van der Waals surface area (Å²) in [5.74, 6) is -0.146. The van der Waals surface area contributed by atoms with Crippen molar-refractivity contribution in [3.05, 3.63) is 35.4 Å². The Kier molecular flexibility index (Phi) is 5.36. The molecule has 0 bridgehead atoms. The van der Waals surface area contributed by atoms with Crippen LogP contribution in [-0.4, -0.2) is 39.8 Å². The Morgan fingerprint density at radius 2 is 2.05 bits per heavy atom. The summed E-state index contributed by atoms with van der Waals surface area (Å²) in [5.41, 5.74) is 1.23. The molecule has 1 N–H and O–H groups in total. The SMILES string of the molecule is CS(=O)(=O)Cc1ccc(C(=O)NCC[C@@H]2CCCO2)cc1. The van der Waals surface area contributed by atoms with Crippen LogP contribution in [0.1, 0.15) is 35.2 Å². The number of amides is 1. The van der Waals surface area contributed by atoms with Gasteiger partial charge >= 0.3 is 0 Å². The van der Waals surface area contributed by atoms with Gasteiger partial charge in [0, 0.05) is 25.0 Å². The molecule has 1 amide bonds. The predicted molar refractivity (Wildman–Crippen MR) is 80.9 cm³/mol. The number of carbonyl (C=O) groups is 1. The molecule has 2 rings (SSSR count). The summed E-state index contributed by atoms with van der Waals surface area (Å²) in [6.07, 6.45) is 4.45. The lowest BCUT2D eigenvalue weighted by Crippen LogP contribution is -2.27. The molecule has 21 heavy (non-hydrogen) atoms. The van der Waals surface area contributed by atoms with Crippen LogP contribution in [0.2, 0.25) is 0 Å². The largest absolute Gasteiger partial charge is 0.378 e. The van der Waals surface area contributed by atoms with E-state index in [1.54, 1.807) is 24.3 Å². The van der Waals surface area contributed by atoms with Crippen LogP contribution in [-0.2, 0) is 20.3 Å². The van der Waals surface area contributed by atoms with Gasteiger partial charge in [-0.3, -0.25) is 4.79 Å². The predicted octanol–water partition coefficient (Wildman–Crippen LogP) is 1.53. The molecule has 1 aliphatic rings. The second-order valence-electron chi connectivity index (χ2n) is 5.45. The molecule has 0 spiro atoms. The molecule has 0 aromatic heterocycles. The number of nitrogens with one attached hydrogen (secondary N) is 1. The van der Waals surface area contributed by atoms with Crippen LogP contribution in [0.5, 0.6) is 0 Å². The van der Waals surface area contributed by atoms with Gasteiger partial charge in [0.05, 0.1) is 11.9 Å². The average Bonchev–Trinajstić information content (AvgIpc) is 2.91. The van der Waals surface area contributed by atoms with Crippen LogP contribution < -0.4 is 5.32 Å². The van der Waals surface area contributed by atoms with Gasteiger partial charge in [-0.1, -0.05) is 12.1 Å². The fourth-order valence-electron chi connectivity index (χ4n) is 2.38. The van der Waals surface area contributed by atoms with E-state index in [0.29, 0.717) is 17.7 Å². The average molecular weight is 311 g/mol.